The van der Waals surface area contributed by atoms with Crippen LogP contribution in [0.1, 0.15) is 53.8 Å². The highest BCUT2D eigenvalue weighted by Gasteiger charge is 2.29. The fourth-order valence-corrected chi connectivity index (χ4v) is 3.95. The van der Waals surface area contributed by atoms with Crippen LogP contribution < -0.4 is 5.32 Å². The van der Waals surface area contributed by atoms with Gasteiger partial charge in [-0.1, -0.05) is 18.2 Å². The van der Waals surface area contributed by atoms with Crippen molar-refractivity contribution in [1.29, 1.82) is 0 Å². The lowest BCUT2D eigenvalue weighted by Crippen LogP contribution is -2.31. The molecule has 1 aliphatic heterocycles. The van der Waals surface area contributed by atoms with Crippen LogP contribution in [-0.4, -0.2) is 50.5 Å². The maximum Gasteiger partial charge on any atom is 0.275 e. The van der Waals surface area contributed by atoms with Crippen LogP contribution in [0.4, 0.5) is 5.82 Å². The van der Waals surface area contributed by atoms with Gasteiger partial charge < -0.3 is 10.2 Å². The minimum atomic E-state index is -0.179. The molecule has 7 nitrogen and oxygen atoms in total. The number of para-hydroxylation sites is 1. The van der Waals surface area contributed by atoms with E-state index in [2.05, 4.69) is 22.4 Å². The first-order valence-electron chi connectivity index (χ1n) is 10.4. The molecule has 3 aromatic rings. The molecule has 2 aliphatic rings. The fourth-order valence-electron chi connectivity index (χ4n) is 3.95. The van der Waals surface area contributed by atoms with Crippen molar-refractivity contribution < 1.29 is 4.79 Å². The molecular formula is C22H26N6O. The number of carbonyl (C=O) groups is 1. The van der Waals surface area contributed by atoms with Gasteiger partial charge in [-0.25, -0.2) is 4.68 Å². The van der Waals surface area contributed by atoms with Crippen molar-refractivity contribution in [2.24, 2.45) is 0 Å². The Kier molecular flexibility index (Phi) is 4.67. The summed E-state index contributed by atoms with van der Waals surface area (Å²) in [6.45, 7) is 2.15. The molecule has 0 bridgehead atoms. The van der Waals surface area contributed by atoms with E-state index in [1.807, 2.05) is 53.3 Å². The second kappa shape index (κ2) is 7.48. The lowest BCUT2D eigenvalue weighted by atomic mass is 10.1. The number of carbonyl (C=O) groups excluding carboxylic acids is 1. The first kappa shape index (κ1) is 18.1. The van der Waals surface area contributed by atoms with Gasteiger partial charge in [0, 0.05) is 18.2 Å². The van der Waals surface area contributed by atoms with E-state index in [4.69, 9.17) is 5.10 Å². The summed E-state index contributed by atoms with van der Waals surface area (Å²) in [7, 11) is 2.15. The van der Waals surface area contributed by atoms with Crippen LogP contribution in [0.25, 0.3) is 5.69 Å². The van der Waals surface area contributed by atoms with Crippen molar-refractivity contribution in [3.63, 3.8) is 0 Å². The molecule has 7 heteroatoms. The molecule has 3 heterocycles. The molecule has 0 radical (unpaired) electrons. The van der Waals surface area contributed by atoms with Gasteiger partial charge in [-0.3, -0.25) is 9.48 Å². The number of amides is 1. The van der Waals surface area contributed by atoms with Crippen molar-refractivity contribution >= 4 is 11.7 Å². The molecule has 0 unspecified atom stereocenters. The van der Waals surface area contributed by atoms with Gasteiger partial charge in [-0.15, -0.1) is 0 Å². The molecule has 0 atom stereocenters. The van der Waals surface area contributed by atoms with Crippen molar-refractivity contribution in [3.05, 3.63) is 60.0 Å². The van der Waals surface area contributed by atoms with Crippen molar-refractivity contribution in [2.45, 2.75) is 37.6 Å². The summed E-state index contributed by atoms with van der Waals surface area (Å²) in [5, 5.41) is 12.3. The third kappa shape index (κ3) is 3.82. The predicted molar refractivity (Wildman–Crippen MR) is 111 cm³/mol. The largest absolute Gasteiger partial charge is 0.306 e. The number of hydrogen-bond donors (Lipinski definition) is 1. The first-order valence-corrected chi connectivity index (χ1v) is 10.4. The minimum absolute atomic E-state index is 0.179. The number of hydrogen-bond acceptors (Lipinski definition) is 4. The van der Waals surface area contributed by atoms with Crippen molar-refractivity contribution in [2.75, 3.05) is 25.5 Å². The summed E-state index contributed by atoms with van der Waals surface area (Å²) < 4.78 is 3.74. The minimum Gasteiger partial charge on any atom is -0.306 e. The van der Waals surface area contributed by atoms with E-state index >= 15 is 0 Å². The molecule has 0 spiro atoms. The van der Waals surface area contributed by atoms with Crippen LogP contribution >= 0.6 is 0 Å². The second-order valence-corrected chi connectivity index (χ2v) is 8.15. The van der Waals surface area contributed by atoms with Gasteiger partial charge >= 0.3 is 0 Å². The fraction of sp³-hybridized carbons (Fsp3) is 0.409. The zero-order chi connectivity index (χ0) is 19.8. The summed E-state index contributed by atoms with van der Waals surface area (Å²) in [5.41, 5.74) is 2.43. The van der Waals surface area contributed by atoms with Gasteiger partial charge in [0.2, 0.25) is 0 Å². The predicted octanol–water partition coefficient (Wildman–Crippen LogP) is 3.47. The Labute approximate surface area is 170 Å². The van der Waals surface area contributed by atoms with Gasteiger partial charge in [0.1, 0.15) is 5.69 Å². The van der Waals surface area contributed by atoms with E-state index in [9.17, 15) is 4.79 Å². The molecule has 1 saturated carbocycles. The smallest absolute Gasteiger partial charge is 0.275 e. The molecule has 5 rings (SSSR count). The summed E-state index contributed by atoms with van der Waals surface area (Å²) in [6, 6.07) is 14.0. The molecule has 2 fully saturated rings. The Hall–Kier alpha value is -2.93. The second-order valence-electron chi connectivity index (χ2n) is 8.15. The summed E-state index contributed by atoms with van der Waals surface area (Å²) >= 11 is 0. The third-order valence-electron chi connectivity index (χ3n) is 5.87. The molecular weight excluding hydrogens is 364 g/mol. The standard InChI is InChI=1S/C22H26N6O/c1-26-12-9-17(10-13-26)27-14-11-21(25-27)23-22(29)20-15-19(16-7-8-16)24-28(20)18-5-3-2-4-6-18/h2-6,11,14-17H,7-10,12-13H2,1H3,(H,23,25,29). The lowest BCUT2D eigenvalue weighted by molar-refractivity contribution is 0.101. The molecule has 29 heavy (non-hydrogen) atoms. The van der Waals surface area contributed by atoms with E-state index in [1.165, 1.54) is 0 Å². The number of piperidine rings is 1. The van der Waals surface area contributed by atoms with E-state index < -0.39 is 0 Å². The van der Waals surface area contributed by atoms with Crippen LogP contribution in [0.2, 0.25) is 0 Å². The zero-order valence-electron chi connectivity index (χ0n) is 16.7. The quantitative estimate of drug-likeness (QED) is 0.724. The molecule has 1 aromatic carbocycles. The third-order valence-corrected chi connectivity index (χ3v) is 5.87. The molecule has 1 saturated heterocycles. The number of aromatic nitrogens is 4. The number of likely N-dealkylation sites (tertiary alicyclic amines) is 1. The number of benzene rings is 1. The first-order chi connectivity index (χ1) is 14.2. The number of rotatable bonds is 5. The summed E-state index contributed by atoms with van der Waals surface area (Å²) in [5.74, 6) is 0.889. The maximum atomic E-state index is 13.1. The van der Waals surface area contributed by atoms with Crippen LogP contribution in [0, 0.1) is 0 Å². The van der Waals surface area contributed by atoms with Crippen LogP contribution in [-0.2, 0) is 0 Å². The molecule has 2 aromatic heterocycles. The van der Waals surface area contributed by atoms with Crippen LogP contribution in [0.15, 0.2) is 48.7 Å². The summed E-state index contributed by atoms with van der Waals surface area (Å²) in [4.78, 5) is 15.4. The van der Waals surface area contributed by atoms with Crippen LogP contribution in [0.3, 0.4) is 0 Å². The van der Waals surface area contributed by atoms with Crippen molar-refractivity contribution in [3.8, 4) is 5.69 Å². The highest BCUT2D eigenvalue weighted by Crippen LogP contribution is 2.39. The zero-order valence-corrected chi connectivity index (χ0v) is 16.7. The highest BCUT2D eigenvalue weighted by molar-refractivity contribution is 6.03. The Morgan fingerprint density at radius 1 is 1.03 bits per heavy atom. The highest BCUT2D eigenvalue weighted by atomic mass is 16.2. The van der Waals surface area contributed by atoms with Gasteiger partial charge in [0.15, 0.2) is 5.82 Å². The average Bonchev–Trinajstić information content (AvgIpc) is 3.32. The molecule has 1 aliphatic carbocycles. The summed E-state index contributed by atoms with van der Waals surface area (Å²) in [6.07, 6.45) is 6.42. The Morgan fingerprint density at radius 2 is 1.79 bits per heavy atom. The topological polar surface area (TPSA) is 68.0 Å². The average molecular weight is 390 g/mol. The lowest BCUT2D eigenvalue weighted by Gasteiger charge is -2.28. The Morgan fingerprint density at radius 3 is 2.52 bits per heavy atom. The van der Waals surface area contributed by atoms with Crippen molar-refractivity contribution in [1.82, 2.24) is 24.5 Å². The Balaban J connectivity index is 1.36. The SMILES string of the molecule is CN1CCC(n2ccc(NC(=O)c3cc(C4CC4)nn3-c3ccccc3)n2)CC1. The number of nitrogens with one attached hydrogen (secondary N) is 1. The van der Waals surface area contributed by atoms with Crippen LogP contribution in [0.5, 0.6) is 0 Å². The Bertz CT molecular complexity index is 995. The molecule has 150 valence electrons. The van der Waals surface area contributed by atoms with Gasteiger partial charge in [0.25, 0.3) is 5.91 Å². The van der Waals surface area contributed by atoms with E-state index in [-0.39, 0.29) is 5.91 Å². The monoisotopic (exact) mass is 390 g/mol. The van der Waals surface area contributed by atoms with Gasteiger partial charge in [0.05, 0.1) is 17.4 Å². The van der Waals surface area contributed by atoms with E-state index in [0.29, 0.717) is 23.5 Å². The maximum absolute atomic E-state index is 13.1. The number of anilines is 1. The number of nitrogens with zero attached hydrogens (tertiary/aromatic N) is 5. The normalized spacial score (nSPS) is 18.1. The molecule has 1 N–H and O–H groups in total. The van der Waals surface area contributed by atoms with Gasteiger partial charge in [-0.2, -0.15) is 10.2 Å². The van der Waals surface area contributed by atoms with E-state index in [1.54, 1.807) is 4.68 Å². The van der Waals surface area contributed by atoms with E-state index in [0.717, 1.165) is 50.2 Å². The molecule has 1 amide bonds. The van der Waals surface area contributed by atoms with Gasteiger partial charge in [-0.05, 0) is 64.0 Å².